The average molecular weight is 345 g/mol. The van der Waals surface area contributed by atoms with Crippen LogP contribution in [-0.4, -0.2) is 9.78 Å². The monoisotopic (exact) mass is 344 g/mol. The number of nitrogens with zero attached hydrogens (tertiary/aromatic N) is 2. The van der Waals surface area contributed by atoms with Crippen LogP contribution in [0.3, 0.4) is 0 Å². The van der Waals surface area contributed by atoms with Crippen molar-refractivity contribution >= 4 is 45.0 Å². The summed E-state index contributed by atoms with van der Waals surface area (Å²) in [5.74, 6) is 0. The van der Waals surface area contributed by atoms with E-state index in [4.69, 9.17) is 23.2 Å². The molecule has 2 heterocycles. The summed E-state index contributed by atoms with van der Waals surface area (Å²) in [7, 11) is 1.86. The standard InChI is InChI=1S/C17H11Cl2N3O/c1-21-9-10-4-2-3-5-12(10)15-16(21)17(23)22(20-15)11-6-7-13(18)14(19)8-11/h2-9H,1H3/p+1. The fraction of sp³-hybridized carbons (Fsp3) is 0.0588. The molecule has 6 heteroatoms. The SMILES string of the molecule is C[n+]1cc2ccccc2c2[nH]n(-c3ccc(Cl)c(Cl)c3)c(=O)c21. The van der Waals surface area contributed by atoms with Gasteiger partial charge in [-0.15, -0.1) is 0 Å². The lowest BCUT2D eigenvalue weighted by atomic mass is 10.1. The number of nitrogens with one attached hydrogen (secondary N) is 1. The molecule has 0 spiro atoms. The van der Waals surface area contributed by atoms with Gasteiger partial charge >= 0.3 is 5.56 Å². The van der Waals surface area contributed by atoms with Gasteiger partial charge in [-0.3, -0.25) is 9.89 Å². The van der Waals surface area contributed by atoms with Crippen LogP contribution in [-0.2, 0) is 7.05 Å². The van der Waals surface area contributed by atoms with Crippen molar-refractivity contribution in [2.24, 2.45) is 7.05 Å². The summed E-state index contributed by atoms with van der Waals surface area (Å²) in [5, 5.41) is 6.11. The molecule has 0 aliphatic carbocycles. The Morgan fingerprint density at radius 2 is 1.87 bits per heavy atom. The molecule has 1 N–H and O–H groups in total. The maximum Gasteiger partial charge on any atom is 0.344 e. The minimum Gasteiger partial charge on any atom is -0.284 e. The van der Waals surface area contributed by atoms with Crippen LogP contribution in [0.25, 0.3) is 27.5 Å². The summed E-state index contributed by atoms with van der Waals surface area (Å²) >= 11 is 12.0. The quantitative estimate of drug-likeness (QED) is 0.526. The topological polar surface area (TPSA) is 41.7 Å². The number of hydrogen-bond acceptors (Lipinski definition) is 1. The van der Waals surface area contributed by atoms with E-state index < -0.39 is 0 Å². The zero-order valence-electron chi connectivity index (χ0n) is 12.2. The lowest BCUT2D eigenvalue weighted by molar-refractivity contribution is -0.644. The van der Waals surface area contributed by atoms with Crippen molar-refractivity contribution in [3.05, 3.63) is 69.1 Å². The van der Waals surface area contributed by atoms with Crippen LogP contribution in [0.5, 0.6) is 0 Å². The highest BCUT2D eigenvalue weighted by atomic mass is 35.5. The second kappa shape index (κ2) is 5.11. The van der Waals surface area contributed by atoms with Crippen molar-refractivity contribution in [2.45, 2.75) is 0 Å². The summed E-state index contributed by atoms with van der Waals surface area (Å²) in [5.41, 5.74) is 1.91. The molecule has 0 amide bonds. The van der Waals surface area contributed by atoms with Crippen LogP contribution in [0.4, 0.5) is 0 Å². The number of halogens is 2. The second-order valence-electron chi connectivity index (χ2n) is 5.40. The lowest BCUT2D eigenvalue weighted by Crippen LogP contribution is -2.33. The van der Waals surface area contributed by atoms with Gasteiger partial charge in [-0.25, -0.2) is 4.68 Å². The Kier molecular flexibility index (Phi) is 3.18. The molecular formula is C17H12Cl2N3O+. The smallest absolute Gasteiger partial charge is 0.284 e. The summed E-state index contributed by atoms with van der Waals surface area (Å²) < 4.78 is 3.32. The van der Waals surface area contributed by atoms with Gasteiger partial charge in [0.1, 0.15) is 12.6 Å². The molecule has 4 nitrogen and oxygen atoms in total. The van der Waals surface area contributed by atoms with Crippen LogP contribution in [0, 0.1) is 0 Å². The molecule has 114 valence electrons. The predicted octanol–water partition coefficient (Wildman–Crippen LogP) is 3.60. The van der Waals surface area contributed by atoms with Gasteiger partial charge in [-0.05, 0) is 24.3 Å². The molecule has 23 heavy (non-hydrogen) atoms. The van der Waals surface area contributed by atoms with Gasteiger partial charge in [0.25, 0.3) is 5.52 Å². The van der Waals surface area contributed by atoms with E-state index >= 15 is 0 Å². The molecule has 4 rings (SSSR count). The molecule has 0 saturated heterocycles. The van der Waals surface area contributed by atoms with E-state index in [2.05, 4.69) is 5.10 Å². The largest absolute Gasteiger partial charge is 0.344 e. The minimum absolute atomic E-state index is 0.133. The van der Waals surface area contributed by atoms with Crippen molar-refractivity contribution in [3.63, 3.8) is 0 Å². The van der Waals surface area contributed by atoms with E-state index in [0.29, 0.717) is 21.2 Å². The molecule has 4 aromatic rings. The fourth-order valence-corrected chi connectivity index (χ4v) is 3.15. The number of rotatable bonds is 1. The fourth-order valence-electron chi connectivity index (χ4n) is 2.86. The van der Waals surface area contributed by atoms with Crippen molar-refractivity contribution in [1.82, 2.24) is 9.78 Å². The van der Waals surface area contributed by atoms with Crippen LogP contribution in [0.1, 0.15) is 0 Å². The van der Waals surface area contributed by atoms with Crippen LogP contribution >= 0.6 is 23.2 Å². The number of pyridine rings is 1. The molecule has 0 saturated carbocycles. The average Bonchev–Trinajstić information content (AvgIpc) is 2.89. The van der Waals surface area contributed by atoms with E-state index in [0.717, 1.165) is 16.3 Å². The zero-order valence-corrected chi connectivity index (χ0v) is 13.7. The van der Waals surface area contributed by atoms with Crippen molar-refractivity contribution in [3.8, 4) is 5.69 Å². The summed E-state index contributed by atoms with van der Waals surface area (Å²) in [4.78, 5) is 12.8. The van der Waals surface area contributed by atoms with Gasteiger partial charge in [0.2, 0.25) is 0 Å². The van der Waals surface area contributed by atoms with Gasteiger partial charge in [0.05, 0.1) is 15.7 Å². The number of aryl methyl sites for hydroxylation is 1. The van der Waals surface area contributed by atoms with E-state index in [1.54, 1.807) is 18.2 Å². The first-order valence-corrected chi connectivity index (χ1v) is 7.79. The molecule has 0 fully saturated rings. The van der Waals surface area contributed by atoms with Gasteiger partial charge in [-0.1, -0.05) is 41.4 Å². The molecule has 0 unspecified atom stereocenters. The number of fused-ring (bicyclic) bond motifs is 3. The third-order valence-corrected chi connectivity index (χ3v) is 4.68. The van der Waals surface area contributed by atoms with Gasteiger partial charge < -0.3 is 0 Å². The van der Waals surface area contributed by atoms with E-state index in [9.17, 15) is 4.79 Å². The summed E-state index contributed by atoms with van der Waals surface area (Å²) in [6, 6.07) is 13.0. The Bertz CT molecular complexity index is 1130. The highest BCUT2D eigenvalue weighted by Crippen LogP contribution is 2.25. The normalized spacial score (nSPS) is 11.4. The molecule has 0 aliphatic heterocycles. The van der Waals surface area contributed by atoms with Gasteiger partial charge in [0, 0.05) is 10.8 Å². The number of benzene rings is 2. The number of H-pyrrole nitrogens is 1. The van der Waals surface area contributed by atoms with Gasteiger partial charge in [-0.2, -0.15) is 4.57 Å². The molecule has 0 aliphatic rings. The summed E-state index contributed by atoms with van der Waals surface area (Å²) in [6.07, 6.45) is 1.95. The van der Waals surface area contributed by atoms with Crippen LogP contribution < -0.4 is 10.1 Å². The molecule has 2 aromatic heterocycles. The maximum absolute atomic E-state index is 12.8. The first-order valence-electron chi connectivity index (χ1n) is 7.04. The number of hydrogen-bond donors (Lipinski definition) is 1. The molecule has 2 aromatic carbocycles. The highest BCUT2D eigenvalue weighted by Gasteiger charge is 2.20. The Labute approximate surface area is 141 Å². The highest BCUT2D eigenvalue weighted by molar-refractivity contribution is 6.42. The molecule has 0 bridgehead atoms. The third-order valence-electron chi connectivity index (χ3n) is 3.94. The Hall–Kier alpha value is -2.30. The second-order valence-corrected chi connectivity index (χ2v) is 6.22. The maximum atomic E-state index is 12.8. The van der Waals surface area contributed by atoms with Gasteiger partial charge in [0.15, 0.2) is 6.20 Å². The number of aromatic nitrogens is 3. The van der Waals surface area contributed by atoms with Crippen LogP contribution in [0.2, 0.25) is 10.0 Å². The van der Waals surface area contributed by atoms with Crippen molar-refractivity contribution < 1.29 is 4.57 Å². The number of aromatic amines is 1. The lowest BCUT2D eigenvalue weighted by Gasteiger charge is -2.02. The van der Waals surface area contributed by atoms with Crippen molar-refractivity contribution in [2.75, 3.05) is 0 Å². The Morgan fingerprint density at radius 1 is 1.09 bits per heavy atom. The zero-order chi connectivity index (χ0) is 16.1. The molecular weight excluding hydrogens is 333 g/mol. The Morgan fingerprint density at radius 3 is 2.65 bits per heavy atom. The van der Waals surface area contributed by atoms with Crippen LogP contribution in [0.15, 0.2) is 53.5 Å². The first kappa shape index (κ1) is 14.3. The first-order chi connectivity index (χ1) is 11.1. The predicted molar refractivity (Wildman–Crippen MR) is 92.6 cm³/mol. The third kappa shape index (κ3) is 2.14. The van der Waals surface area contributed by atoms with Crippen molar-refractivity contribution in [1.29, 1.82) is 0 Å². The van der Waals surface area contributed by atoms with E-state index in [1.807, 2.05) is 42.1 Å². The van der Waals surface area contributed by atoms with E-state index in [1.165, 1.54) is 4.68 Å². The van der Waals surface area contributed by atoms with E-state index in [-0.39, 0.29) is 5.56 Å². The summed E-state index contributed by atoms with van der Waals surface area (Å²) in [6.45, 7) is 0. The molecule has 0 atom stereocenters. The minimum atomic E-state index is -0.133. The Balaban J connectivity index is 2.11. The molecule has 0 radical (unpaired) electrons.